The largest absolute Gasteiger partial charge is 0.484 e. The van der Waals surface area contributed by atoms with Gasteiger partial charge >= 0.3 is 0 Å². The molecule has 0 radical (unpaired) electrons. The molecule has 0 bridgehead atoms. The van der Waals surface area contributed by atoms with Crippen molar-refractivity contribution in [3.63, 3.8) is 0 Å². The van der Waals surface area contributed by atoms with E-state index >= 15 is 0 Å². The van der Waals surface area contributed by atoms with Crippen molar-refractivity contribution in [3.05, 3.63) is 53.1 Å². The van der Waals surface area contributed by atoms with Crippen molar-refractivity contribution in [1.29, 1.82) is 0 Å². The van der Waals surface area contributed by atoms with Crippen LogP contribution in [0.2, 0.25) is 5.02 Å². The molecule has 1 rings (SSSR count). The summed E-state index contributed by atoms with van der Waals surface area (Å²) in [6.07, 6.45) is 6.96. The Balaban J connectivity index is 2.38. The maximum Gasteiger partial charge on any atom is 0.258 e. The first-order valence-electron chi connectivity index (χ1n) is 6.62. The van der Waals surface area contributed by atoms with E-state index in [1.165, 1.54) is 0 Å². The molecule has 0 heterocycles. The predicted octanol–water partition coefficient (Wildman–Crippen LogP) is 3.75. The van der Waals surface area contributed by atoms with Crippen molar-refractivity contribution in [1.82, 2.24) is 5.32 Å². The molecule has 0 saturated heterocycles. The Hall–Kier alpha value is -1.74. The van der Waals surface area contributed by atoms with Crippen LogP contribution in [0.5, 0.6) is 5.75 Å². The van der Waals surface area contributed by atoms with Crippen LogP contribution in [0.25, 0.3) is 0 Å². The molecule has 0 unspecified atom stereocenters. The monoisotopic (exact) mass is 293 g/mol. The topological polar surface area (TPSA) is 38.3 Å². The SMILES string of the molecule is C/C=C\C(=C/CC)CNC(=O)COc1cccc(Cl)c1. The molecule has 20 heavy (non-hydrogen) atoms. The number of halogens is 1. The van der Waals surface area contributed by atoms with Crippen LogP contribution in [0.4, 0.5) is 0 Å². The predicted molar refractivity (Wildman–Crippen MR) is 83.1 cm³/mol. The Bertz CT molecular complexity index is 495. The highest BCUT2D eigenvalue weighted by Crippen LogP contribution is 2.16. The van der Waals surface area contributed by atoms with Crippen LogP contribution >= 0.6 is 11.6 Å². The van der Waals surface area contributed by atoms with E-state index in [1.807, 2.05) is 19.1 Å². The Morgan fingerprint density at radius 1 is 1.45 bits per heavy atom. The second kappa shape index (κ2) is 9.21. The third-order valence-corrected chi connectivity index (χ3v) is 2.74. The lowest BCUT2D eigenvalue weighted by molar-refractivity contribution is -0.122. The van der Waals surface area contributed by atoms with Gasteiger partial charge in [-0.25, -0.2) is 0 Å². The average molecular weight is 294 g/mol. The molecule has 108 valence electrons. The van der Waals surface area contributed by atoms with Gasteiger partial charge in [0.25, 0.3) is 5.91 Å². The Kier molecular flexibility index (Phi) is 7.51. The van der Waals surface area contributed by atoms with Gasteiger partial charge in [-0.05, 0) is 37.1 Å². The molecule has 0 saturated carbocycles. The maximum absolute atomic E-state index is 11.7. The normalized spacial score (nSPS) is 11.7. The van der Waals surface area contributed by atoms with Crippen LogP contribution in [0, 0.1) is 0 Å². The summed E-state index contributed by atoms with van der Waals surface area (Å²) in [5, 5.41) is 3.41. The molecule has 1 aromatic carbocycles. The van der Waals surface area contributed by atoms with E-state index < -0.39 is 0 Å². The van der Waals surface area contributed by atoms with E-state index in [1.54, 1.807) is 24.3 Å². The van der Waals surface area contributed by atoms with Crippen molar-refractivity contribution in [2.45, 2.75) is 20.3 Å². The van der Waals surface area contributed by atoms with E-state index in [9.17, 15) is 4.79 Å². The molecule has 1 N–H and O–H groups in total. The number of hydrogen-bond donors (Lipinski definition) is 1. The van der Waals surface area contributed by atoms with Gasteiger partial charge in [-0.2, -0.15) is 0 Å². The third-order valence-electron chi connectivity index (χ3n) is 2.50. The second-order valence-corrected chi connectivity index (χ2v) is 4.65. The minimum Gasteiger partial charge on any atom is -0.484 e. The summed E-state index contributed by atoms with van der Waals surface area (Å²) in [5.74, 6) is 0.432. The lowest BCUT2D eigenvalue weighted by Gasteiger charge is -2.08. The molecular weight excluding hydrogens is 274 g/mol. The van der Waals surface area contributed by atoms with E-state index in [0.717, 1.165) is 12.0 Å². The first kappa shape index (κ1) is 16.3. The number of carbonyl (C=O) groups excluding carboxylic acids is 1. The number of amides is 1. The first-order valence-corrected chi connectivity index (χ1v) is 7.00. The zero-order valence-corrected chi connectivity index (χ0v) is 12.6. The lowest BCUT2D eigenvalue weighted by Crippen LogP contribution is -2.30. The highest BCUT2D eigenvalue weighted by Gasteiger charge is 2.03. The Morgan fingerprint density at radius 2 is 2.25 bits per heavy atom. The molecule has 0 aliphatic heterocycles. The molecule has 0 aromatic heterocycles. The van der Waals surface area contributed by atoms with Crippen molar-refractivity contribution in [2.24, 2.45) is 0 Å². The van der Waals surface area contributed by atoms with Crippen LogP contribution in [-0.2, 0) is 4.79 Å². The van der Waals surface area contributed by atoms with Gasteiger partial charge in [0, 0.05) is 11.6 Å². The highest BCUT2D eigenvalue weighted by atomic mass is 35.5. The number of allylic oxidation sites excluding steroid dienone is 2. The number of rotatable bonds is 7. The highest BCUT2D eigenvalue weighted by molar-refractivity contribution is 6.30. The minimum atomic E-state index is -0.156. The molecule has 0 fully saturated rings. The quantitative estimate of drug-likeness (QED) is 0.778. The van der Waals surface area contributed by atoms with E-state index in [-0.39, 0.29) is 12.5 Å². The van der Waals surface area contributed by atoms with Crippen molar-refractivity contribution in [3.8, 4) is 5.75 Å². The molecule has 0 aliphatic carbocycles. The molecule has 0 aliphatic rings. The standard InChI is InChI=1S/C16H20ClNO2/c1-3-6-13(7-4-2)11-18-16(19)12-20-15-9-5-8-14(17)10-15/h3,5-10H,4,11-12H2,1-2H3,(H,18,19)/b6-3-,13-7+. The van der Waals surface area contributed by atoms with Gasteiger partial charge in [0.2, 0.25) is 0 Å². The zero-order valence-electron chi connectivity index (χ0n) is 11.9. The summed E-state index contributed by atoms with van der Waals surface area (Å²) < 4.78 is 5.37. The first-order chi connectivity index (χ1) is 9.65. The molecular formula is C16H20ClNO2. The second-order valence-electron chi connectivity index (χ2n) is 4.21. The van der Waals surface area contributed by atoms with Gasteiger partial charge in [-0.1, -0.05) is 42.8 Å². The van der Waals surface area contributed by atoms with Crippen molar-refractivity contribution in [2.75, 3.05) is 13.2 Å². The molecule has 0 atom stereocenters. The fraction of sp³-hybridized carbons (Fsp3) is 0.312. The van der Waals surface area contributed by atoms with E-state index in [0.29, 0.717) is 17.3 Å². The van der Waals surface area contributed by atoms with Gasteiger partial charge in [0.15, 0.2) is 6.61 Å². The van der Waals surface area contributed by atoms with Crippen LogP contribution in [0.3, 0.4) is 0 Å². The summed E-state index contributed by atoms with van der Waals surface area (Å²) in [5.41, 5.74) is 1.09. The summed E-state index contributed by atoms with van der Waals surface area (Å²) in [6, 6.07) is 6.98. The number of benzene rings is 1. The van der Waals surface area contributed by atoms with E-state index in [4.69, 9.17) is 16.3 Å². The number of carbonyl (C=O) groups is 1. The van der Waals surface area contributed by atoms with Gasteiger partial charge in [-0.3, -0.25) is 4.79 Å². The van der Waals surface area contributed by atoms with Crippen molar-refractivity contribution < 1.29 is 9.53 Å². The lowest BCUT2D eigenvalue weighted by atomic mass is 10.2. The molecule has 1 aromatic rings. The average Bonchev–Trinajstić information content (AvgIpc) is 2.43. The third kappa shape index (κ3) is 6.43. The van der Waals surface area contributed by atoms with Crippen molar-refractivity contribution >= 4 is 17.5 Å². The van der Waals surface area contributed by atoms with Gasteiger partial charge in [0.1, 0.15) is 5.75 Å². The van der Waals surface area contributed by atoms with Crippen LogP contribution in [0.1, 0.15) is 20.3 Å². The van der Waals surface area contributed by atoms with Crippen LogP contribution < -0.4 is 10.1 Å². The van der Waals surface area contributed by atoms with Crippen LogP contribution in [-0.4, -0.2) is 19.1 Å². The Labute approximate surface area is 125 Å². The molecule has 3 nitrogen and oxygen atoms in total. The maximum atomic E-state index is 11.7. The number of nitrogens with one attached hydrogen (secondary N) is 1. The summed E-state index contributed by atoms with van der Waals surface area (Å²) >= 11 is 5.84. The summed E-state index contributed by atoms with van der Waals surface area (Å²) in [7, 11) is 0. The number of hydrogen-bond acceptors (Lipinski definition) is 2. The minimum absolute atomic E-state index is 0.0183. The van der Waals surface area contributed by atoms with Gasteiger partial charge in [-0.15, -0.1) is 0 Å². The number of ether oxygens (including phenoxy) is 1. The van der Waals surface area contributed by atoms with Crippen LogP contribution in [0.15, 0.2) is 48.1 Å². The van der Waals surface area contributed by atoms with Gasteiger partial charge < -0.3 is 10.1 Å². The smallest absolute Gasteiger partial charge is 0.258 e. The Morgan fingerprint density at radius 3 is 2.90 bits per heavy atom. The fourth-order valence-corrected chi connectivity index (χ4v) is 1.81. The summed E-state index contributed by atoms with van der Waals surface area (Å²) in [6.45, 7) is 4.51. The summed E-state index contributed by atoms with van der Waals surface area (Å²) in [4.78, 5) is 11.7. The molecule has 4 heteroatoms. The van der Waals surface area contributed by atoms with Gasteiger partial charge in [0.05, 0.1) is 0 Å². The zero-order chi connectivity index (χ0) is 14.8. The molecule has 0 spiro atoms. The fourth-order valence-electron chi connectivity index (χ4n) is 1.63. The molecule has 1 amide bonds. The van der Waals surface area contributed by atoms with E-state index in [2.05, 4.69) is 18.3 Å².